The van der Waals surface area contributed by atoms with Crippen molar-refractivity contribution in [3.63, 3.8) is 0 Å². The molecule has 3 aromatic rings. The number of nitrogens with one attached hydrogen (secondary N) is 2. The van der Waals surface area contributed by atoms with E-state index in [1.165, 1.54) is 12.1 Å². The summed E-state index contributed by atoms with van der Waals surface area (Å²) in [4.78, 5) is 17.4. The average molecular weight is 416 g/mol. The molecule has 6 nitrogen and oxygen atoms in total. The smallest absolute Gasteiger partial charge is 0.267 e. The van der Waals surface area contributed by atoms with Gasteiger partial charge in [0, 0.05) is 5.69 Å². The Kier molecular flexibility index (Phi) is 5.53. The molecule has 0 aliphatic heterocycles. The summed E-state index contributed by atoms with van der Waals surface area (Å²) in [6.45, 7) is 7.42. The van der Waals surface area contributed by atoms with E-state index in [9.17, 15) is 13.2 Å². The Morgan fingerprint density at radius 1 is 0.964 bits per heavy atom. The van der Waals surface area contributed by atoms with Gasteiger partial charge in [0.1, 0.15) is 4.88 Å². The van der Waals surface area contributed by atoms with Gasteiger partial charge in [-0.05, 0) is 57.0 Å². The van der Waals surface area contributed by atoms with E-state index in [0.717, 1.165) is 33.7 Å². The molecule has 28 heavy (non-hydrogen) atoms. The van der Waals surface area contributed by atoms with Crippen LogP contribution in [0.2, 0.25) is 0 Å². The zero-order chi connectivity index (χ0) is 20.5. The van der Waals surface area contributed by atoms with E-state index in [2.05, 4.69) is 15.0 Å². The first-order valence-electron chi connectivity index (χ1n) is 8.61. The van der Waals surface area contributed by atoms with Gasteiger partial charge in [0.05, 0.1) is 10.6 Å². The van der Waals surface area contributed by atoms with E-state index in [-0.39, 0.29) is 15.9 Å². The minimum Gasteiger partial charge on any atom is -0.321 e. The molecule has 2 N–H and O–H groups in total. The molecule has 0 aliphatic carbocycles. The summed E-state index contributed by atoms with van der Waals surface area (Å²) in [6.07, 6.45) is 0. The summed E-state index contributed by atoms with van der Waals surface area (Å²) in [5, 5.41) is 3.03. The highest BCUT2D eigenvalue weighted by Gasteiger charge is 2.20. The van der Waals surface area contributed by atoms with Gasteiger partial charge in [-0.3, -0.25) is 9.52 Å². The number of rotatable bonds is 5. The Morgan fingerprint density at radius 3 is 2.29 bits per heavy atom. The quantitative estimate of drug-likeness (QED) is 0.645. The van der Waals surface area contributed by atoms with Gasteiger partial charge < -0.3 is 5.32 Å². The number of nitrogens with zero attached hydrogens (tertiary/aromatic N) is 1. The third-order valence-corrected chi connectivity index (χ3v) is 6.75. The lowest BCUT2D eigenvalue weighted by molar-refractivity contribution is 0.102. The Hall–Kier alpha value is -2.71. The summed E-state index contributed by atoms with van der Waals surface area (Å²) < 4.78 is 27.5. The molecule has 1 amide bonds. The molecule has 2 aromatic carbocycles. The zero-order valence-corrected chi connectivity index (χ0v) is 17.7. The molecule has 146 valence electrons. The minimum atomic E-state index is -3.76. The molecule has 3 rings (SSSR count). The first-order chi connectivity index (χ1) is 13.2. The third kappa shape index (κ3) is 4.40. The maximum atomic E-state index is 12.7. The molecule has 0 radical (unpaired) electrons. The van der Waals surface area contributed by atoms with Crippen LogP contribution >= 0.6 is 11.3 Å². The first-order valence-corrected chi connectivity index (χ1v) is 10.9. The van der Waals surface area contributed by atoms with Crippen LogP contribution in [-0.4, -0.2) is 19.3 Å². The normalized spacial score (nSPS) is 11.3. The number of carbonyl (C=O) groups excluding carboxylic acids is 1. The first kappa shape index (κ1) is 20.0. The van der Waals surface area contributed by atoms with E-state index < -0.39 is 10.0 Å². The second-order valence-corrected chi connectivity index (χ2v) is 9.31. The lowest BCUT2D eigenvalue weighted by Gasteiger charge is -2.08. The number of hydrogen-bond acceptors (Lipinski definition) is 5. The van der Waals surface area contributed by atoms with Crippen LogP contribution in [0.25, 0.3) is 0 Å². The van der Waals surface area contributed by atoms with E-state index >= 15 is 0 Å². The van der Waals surface area contributed by atoms with Crippen LogP contribution < -0.4 is 10.0 Å². The summed E-state index contributed by atoms with van der Waals surface area (Å²) in [7, 11) is -3.76. The van der Waals surface area contributed by atoms with E-state index in [0.29, 0.717) is 10.6 Å². The fourth-order valence-electron chi connectivity index (χ4n) is 2.59. The number of sulfonamides is 1. The van der Waals surface area contributed by atoms with Gasteiger partial charge in [-0.2, -0.15) is 0 Å². The zero-order valence-electron chi connectivity index (χ0n) is 16.0. The van der Waals surface area contributed by atoms with Gasteiger partial charge in [-0.25, -0.2) is 13.4 Å². The van der Waals surface area contributed by atoms with Gasteiger partial charge in [0.25, 0.3) is 15.9 Å². The number of anilines is 2. The largest absolute Gasteiger partial charge is 0.321 e. The van der Waals surface area contributed by atoms with Crippen LogP contribution in [0.1, 0.15) is 32.1 Å². The van der Waals surface area contributed by atoms with E-state index in [1.807, 2.05) is 39.0 Å². The van der Waals surface area contributed by atoms with Crippen LogP contribution in [0.5, 0.6) is 0 Å². The van der Waals surface area contributed by atoms with E-state index in [1.54, 1.807) is 19.1 Å². The standard InChI is InChI=1S/C20H21N3O3S2/c1-12-6-9-16(10-7-12)28(25,26)23-20-21-15(4)18(27-20)19(24)22-17-11-13(2)5-8-14(17)3/h5-11H,1-4H3,(H,21,23)(H,22,24). The maximum Gasteiger partial charge on any atom is 0.267 e. The highest BCUT2D eigenvalue weighted by Crippen LogP contribution is 2.27. The van der Waals surface area contributed by atoms with Crippen LogP contribution in [-0.2, 0) is 10.0 Å². The van der Waals surface area contributed by atoms with E-state index in [4.69, 9.17) is 0 Å². The third-order valence-electron chi connectivity index (χ3n) is 4.20. The van der Waals surface area contributed by atoms with Crippen LogP contribution in [0.3, 0.4) is 0 Å². The van der Waals surface area contributed by atoms with Crippen molar-refractivity contribution in [1.82, 2.24) is 4.98 Å². The predicted octanol–water partition coefficient (Wildman–Crippen LogP) is 4.43. The summed E-state index contributed by atoms with van der Waals surface area (Å²) in [5.74, 6) is -0.315. The number of aryl methyl sites for hydroxylation is 4. The van der Waals surface area contributed by atoms with Crippen molar-refractivity contribution in [1.29, 1.82) is 0 Å². The average Bonchev–Trinajstić information content (AvgIpc) is 2.98. The molecule has 8 heteroatoms. The molecule has 0 atom stereocenters. The number of aromatic nitrogens is 1. The van der Waals surface area contributed by atoms with Crippen LogP contribution in [0.4, 0.5) is 10.8 Å². The van der Waals surface area contributed by atoms with Gasteiger partial charge >= 0.3 is 0 Å². The fourth-order valence-corrected chi connectivity index (χ4v) is 4.69. The van der Waals surface area contributed by atoms with Crippen molar-refractivity contribution in [2.75, 3.05) is 10.0 Å². The van der Waals surface area contributed by atoms with Gasteiger partial charge in [0.15, 0.2) is 5.13 Å². The Morgan fingerprint density at radius 2 is 1.61 bits per heavy atom. The second-order valence-electron chi connectivity index (χ2n) is 6.62. The topological polar surface area (TPSA) is 88.2 Å². The summed E-state index contributed by atoms with van der Waals surface area (Å²) in [6, 6.07) is 12.3. The van der Waals surface area contributed by atoms with Crippen molar-refractivity contribution < 1.29 is 13.2 Å². The van der Waals surface area contributed by atoms with Crippen molar-refractivity contribution >= 4 is 38.1 Å². The number of hydrogen-bond donors (Lipinski definition) is 2. The highest BCUT2D eigenvalue weighted by atomic mass is 32.2. The SMILES string of the molecule is Cc1ccc(S(=O)(=O)Nc2nc(C)c(C(=O)Nc3cc(C)ccc3C)s2)cc1. The van der Waals surface area contributed by atoms with Crippen molar-refractivity contribution in [3.8, 4) is 0 Å². The number of benzene rings is 2. The molecule has 0 aliphatic rings. The molecule has 0 saturated heterocycles. The molecule has 0 bridgehead atoms. The molecular formula is C20H21N3O3S2. The molecule has 0 spiro atoms. The minimum absolute atomic E-state index is 0.146. The Balaban J connectivity index is 1.81. The predicted molar refractivity (Wildman–Crippen MR) is 113 cm³/mol. The lowest BCUT2D eigenvalue weighted by Crippen LogP contribution is -2.12. The number of thiazole rings is 1. The highest BCUT2D eigenvalue weighted by molar-refractivity contribution is 7.93. The van der Waals surface area contributed by atoms with Gasteiger partial charge in [-0.15, -0.1) is 0 Å². The number of carbonyl (C=O) groups is 1. The van der Waals surface area contributed by atoms with Crippen molar-refractivity contribution in [3.05, 3.63) is 69.7 Å². The van der Waals surface area contributed by atoms with Gasteiger partial charge in [-0.1, -0.05) is 41.2 Å². The molecule has 1 heterocycles. The summed E-state index contributed by atoms with van der Waals surface area (Å²) in [5.41, 5.74) is 4.14. The second kappa shape index (κ2) is 7.73. The molecule has 1 aromatic heterocycles. The molecular weight excluding hydrogens is 394 g/mol. The lowest BCUT2D eigenvalue weighted by atomic mass is 10.1. The van der Waals surface area contributed by atoms with Gasteiger partial charge in [0.2, 0.25) is 0 Å². The Bertz CT molecular complexity index is 1130. The fraction of sp³-hybridized carbons (Fsp3) is 0.200. The molecule has 0 fully saturated rings. The van der Waals surface area contributed by atoms with Crippen LogP contribution in [0.15, 0.2) is 47.4 Å². The van der Waals surface area contributed by atoms with Crippen LogP contribution in [0, 0.1) is 27.7 Å². The van der Waals surface area contributed by atoms with Crippen molar-refractivity contribution in [2.24, 2.45) is 0 Å². The molecule has 0 saturated carbocycles. The Labute approximate surface area is 168 Å². The molecule has 0 unspecified atom stereocenters. The van der Waals surface area contributed by atoms with Crippen molar-refractivity contribution in [2.45, 2.75) is 32.6 Å². The summed E-state index contributed by atoms with van der Waals surface area (Å²) >= 11 is 1.01. The maximum absolute atomic E-state index is 12.7. The monoisotopic (exact) mass is 415 g/mol. The number of amides is 1.